The lowest BCUT2D eigenvalue weighted by atomic mass is 10.1. The van der Waals surface area contributed by atoms with E-state index in [1.807, 2.05) is 6.92 Å². The van der Waals surface area contributed by atoms with E-state index >= 15 is 0 Å². The number of amides is 2. The molecule has 0 radical (unpaired) electrons. The molecule has 1 atom stereocenters. The Kier molecular flexibility index (Phi) is 8.16. The van der Waals surface area contributed by atoms with Gasteiger partial charge >= 0.3 is 12.0 Å². The van der Waals surface area contributed by atoms with Crippen molar-refractivity contribution in [2.24, 2.45) is 5.92 Å². The Balaban J connectivity index is 3.97. The van der Waals surface area contributed by atoms with Crippen LogP contribution in [0.1, 0.15) is 46.5 Å². The molecular formula is C13H26N2O3. The van der Waals surface area contributed by atoms with Crippen molar-refractivity contribution in [3.05, 3.63) is 0 Å². The van der Waals surface area contributed by atoms with Crippen LogP contribution in [0.4, 0.5) is 4.79 Å². The molecule has 0 aliphatic heterocycles. The van der Waals surface area contributed by atoms with Crippen molar-refractivity contribution >= 4 is 12.0 Å². The standard InChI is InChI=1S/C13H26N2O3/c1-5-11(6-2)15(4)13(18)14-9-10(3)7-8-12(16)17/h10-11H,5-9H2,1-4H3,(H,14,18)(H,16,17). The van der Waals surface area contributed by atoms with Gasteiger partial charge in [0.25, 0.3) is 0 Å². The van der Waals surface area contributed by atoms with Gasteiger partial charge in [0.15, 0.2) is 0 Å². The van der Waals surface area contributed by atoms with E-state index in [1.165, 1.54) is 0 Å². The smallest absolute Gasteiger partial charge is 0.317 e. The van der Waals surface area contributed by atoms with Crippen molar-refractivity contribution in [2.75, 3.05) is 13.6 Å². The summed E-state index contributed by atoms with van der Waals surface area (Å²) in [6.45, 7) is 6.60. The molecule has 0 aromatic heterocycles. The number of carboxylic acids is 1. The second-order valence-electron chi connectivity index (χ2n) is 4.80. The number of nitrogens with one attached hydrogen (secondary N) is 1. The molecule has 0 bridgehead atoms. The minimum absolute atomic E-state index is 0.0779. The van der Waals surface area contributed by atoms with Gasteiger partial charge in [-0.05, 0) is 25.2 Å². The van der Waals surface area contributed by atoms with E-state index < -0.39 is 5.97 Å². The molecule has 106 valence electrons. The zero-order chi connectivity index (χ0) is 14.1. The molecule has 0 saturated heterocycles. The van der Waals surface area contributed by atoms with Crippen LogP contribution in [0.3, 0.4) is 0 Å². The van der Waals surface area contributed by atoms with Gasteiger partial charge in [0.2, 0.25) is 0 Å². The number of hydrogen-bond donors (Lipinski definition) is 2. The van der Waals surface area contributed by atoms with E-state index in [1.54, 1.807) is 11.9 Å². The number of aliphatic carboxylic acids is 1. The Morgan fingerprint density at radius 1 is 1.28 bits per heavy atom. The summed E-state index contributed by atoms with van der Waals surface area (Å²) in [6, 6.07) is 0.185. The highest BCUT2D eigenvalue weighted by Gasteiger charge is 2.16. The molecule has 5 heteroatoms. The molecule has 5 nitrogen and oxygen atoms in total. The van der Waals surface area contributed by atoms with Crippen LogP contribution in [0.5, 0.6) is 0 Å². The first kappa shape index (κ1) is 16.7. The van der Waals surface area contributed by atoms with Crippen LogP contribution < -0.4 is 5.32 Å². The quantitative estimate of drug-likeness (QED) is 0.702. The highest BCUT2D eigenvalue weighted by Crippen LogP contribution is 2.07. The van der Waals surface area contributed by atoms with Crippen LogP contribution in [0.25, 0.3) is 0 Å². The van der Waals surface area contributed by atoms with Crippen LogP contribution in [-0.4, -0.2) is 41.6 Å². The van der Waals surface area contributed by atoms with E-state index in [0.29, 0.717) is 13.0 Å². The van der Waals surface area contributed by atoms with E-state index in [2.05, 4.69) is 19.2 Å². The largest absolute Gasteiger partial charge is 0.481 e. The molecular weight excluding hydrogens is 232 g/mol. The predicted octanol–water partition coefficient (Wildman–Crippen LogP) is 2.32. The molecule has 0 aliphatic rings. The van der Waals surface area contributed by atoms with Gasteiger partial charge in [-0.25, -0.2) is 4.79 Å². The molecule has 0 aliphatic carbocycles. The van der Waals surface area contributed by atoms with Gasteiger partial charge in [-0.2, -0.15) is 0 Å². The van der Waals surface area contributed by atoms with Gasteiger partial charge < -0.3 is 15.3 Å². The van der Waals surface area contributed by atoms with E-state index in [9.17, 15) is 9.59 Å². The minimum atomic E-state index is -0.790. The molecule has 18 heavy (non-hydrogen) atoms. The normalized spacial score (nSPS) is 12.3. The molecule has 0 heterocycles. The molecule has 2 N–H and O–H groups in total. The Bertz CT molecular complexity index is 265. The third kappa shape index (κ3) is 6.47. The Morgan fingerprint density at radius 3 is 2.28 bits per heavy atom. The van der Waals surface area contributed by atoms with Crippen molar-refractivity contribution in [1.29, 1.82) is 0 Å². The summed E-state index contributed by atoms with van der Waals surface area (Å²) in [4.78, 5) is 24.0. The SMILES string of the molecule is CCC(CC)N(C)C(=O)NCC(C)CCC(=O)O. The van der Waals surface area contributed by atoms with Gasteiger partial charge in [-0.1, -0.05) is 20.8 Å². The summed E-state index contributed by atoms with van der Waals surface area (Å²) in [5.74, 6) is -0.609. The highest BCUT2D eigenvalue weighted by molar-refractivity contribution is 5.74. The molecule has 1 unspecified atom stereocenters. The van der Waals surface area contributed by atoms with Crippen molar-refractivity contribution in [3.8, 4) is 0 Å². The minimum Gasteiger partial charge on any atom is -0.481 e. The molecule has 2 amide bonds. The maximum atomic E-state index is 11.8. The van der Waals surface area contributed by atoms with Crippen LogP contribution in [-0.2, 0) is 4.79 Å². The first-order valence-corrected chi connectivity index (χ1v) is 6.64. The molecule has 0 saturated carbocycles. The van der Waals surface area contributed by atoms with Gasteiger partial charge in [0.05, 0.1) is 0 Å². The maximum Gasteiger partial charge on any atom is 0.317 e. The predicted molar refractivity (Wildman–Crippen MR) is 71.6 cm³/mol. The van der Waals surface area contributed by atoms with Crippen LogP contribution >= 0.6 is 0 Å². The second kappa shape index (κ2) is 8.78. The van der Waals surface area contributed by atoms with Crippen molar-refractivity contribution < 1.29 is 14.7 Å². The van der Waals surface area contributed by atoms with E-state index in [-0.39, 0.29) is 24.4 Å². The fraction of sp³-hybridized carbons (Fsp3) is 0.846. The zero-order valence-electron chi connectivity index (χ0n) is 11.9. The fourth-order valence-corrected chi connectivity index (χ4v) is 1.86. The number of carboxylic acid groups (broad SMARTS) is 1. The lowest BCUT2D eigenvalue weighted by Crippen LogP contribution is -2.44. The molecule has 0 rings (SSSR count). The van der Waals surface area contributed by atoms with Crippen molar-refractivity contribution in [2.45, 2.75) is 52.5 Å². The van der Waals surface area contributed by atoms with Crippen LogP contribution in [0.2, 0.25) is 0 Å². The first-order chi connectivity index (χ1) is 8.42. The summed E-state index contributed by atoms with van der Waals surface area (Å²) in [7, 11) is 1.80. The number of nitrogens with zero attached hydrogens (tertiary/aromatic N) is 1. The van der Waals surface area contributed by atoms with Crippen LogP contribution in [0, 0.1) is 5.92 Å². The Hall–Kier alpha value is -1.26. The maximum absolute atomic E-state index is 11.8. The third-order valence-corrected chi connectivity index (χ3v) is 3.26. The number of rotatable bonds is 8. The van der Waals surface area contributed by atoms with Crippen LogP contribution in [0.15, 0.2) is 0 Å². The summed E-state index contributed by atoms with van der Waals surface area (Å²) in [6.07, 6.45) is 2.62. The Morgan fingerprint density at radius 2 is 1.83 bits per heavy atom. The highest BCUT2D eigenvalue weighted by atomic mass is 16.4. The van der Waals surface area contributed by atoms with Gasteiger partial charge in [-0.3, -0.25) is 4.79 Å². The lowest BCUT2D eigenvalue weighted by Gasteiger charge is -2.27. The summed E-state index contributed by atoms with van der Waals surface area (Å²) < 4.78 is 0. The summed E-state index contributed by atoms with van der Waals surface area (Å²) >= 11 is 0. The van der Waals surface area contributed by atoms with E-state index in [4.69, 9.17) is 5.11 Å². The fourth-order valence-electron chi connectivity index (χ4n) is 1.86. The average Bonchev–Trinajstić information content (AvgIpc) is 2.34. The lowest BCUT2D eigenvalue weighted by molar-refractivity contribution is -0.137. The number of urea groups is 1. The molecule has 0 aromatic carbocycles. The topological polar surface area (TPSA) is 69.6 Å². The molecule has 0 fully saturated rings. The zero-order valence-corrected chi connectivity index (χ0v) is 11.9. The van der Waals surface area contributed by atoms with Gasteiger partial charge in [0.1, 0.15) is 0 Å². The first-order valence-electron chi connectivity index (χ1n) is 6.64. The monoisotopic (exact) mass is 258 g/mol. The number of hydrogen-bond acceptors (Lipinski definition) is 2. The average molecular weight is 258 g/mol. The van der Waals surface area contributed by atoms with Gasteiger partial charge in [-0.15, -0.1) is 0 Å². The van der Waals surface area contributed by atoms with Crippen molar-refractivity contribution in [1.82, 2.24) is 10.2 Å². The third-order valence-electron chi connectivity index (χ3n) is 3.26. The Labute approximate surface area is 110 Å². The van der Waals surface area contributed by atoms with Gasteiger partial charge in [0, 0.05) is 26.1 Å². The second-order valence-corrected chi connectivity index (χ2v) is 4.80. The molecule has 0 spiro atoms. The molecule has 0 aromatic rings. The summed E-state index contributed by atoms with van der Waals surface area (Å²) in [5.41, 5.74) is 0. The number of carbonyl (C=O) groups is 2. The summed E-state index contributed by atoms with van der Waals surface area (Å²) in [5, 5.41) is 11.4. The van der Waals surface area contributed by atoms with Crippen molar-refractivity contribution in [3.63, 3.8) is 0 Å². The number of carbonyl (C=O) groups excluding carboxylic acids is 1. The van der Waals surface area contributed by atoms with E-state index in [0.717, 1.165) is 12.8 Å².